The molecule has 0 radical (unpaired) electrons. The maximum Gasteiger partial charge on any atom is 0.0521 e. The highest BCUT2D eigenvalue weighted by Crippen LogP contribution is 2.47. The lowest BCUT2D eigenvalue weighted by Crippen LogP contribution is -2.24. The van der Waals surface area contributed by atoms with E-state index in [2.05, 4.69) is 25.1 Å². The van der Waals surface area contributed by atoms with E-state index in [1.807, 2.05) is 10.9 Å². The molecule has 1 unspecified atom stereocenters. The Bertz CT molecular complexity index is 330. The highest BCUT2D eigenvalue weighted by Gasteiger charge is 2.40. The van der Waals surface area contributed by atoms with Gasteiger partial charge in [0, 0.05) is 18.6 Å². The Kier molecular flexibility index (Phi) is 3.06. The second-order valence-electron chi connectivity index (χ2n) is 4.94. The van der Waals surface area contributed by atoms with Crippen LogP contribution in [0.25, 0.3) is 0 Å². The van der Waals surface area contributed by atoms with Gasteiger partial charge in [-0.1, -0.05) is 6.92 Å². The molecule has 0 amide bonds. The SMILES string of the molecule is CCn1cc(CC(C)(CCl)C2CC2)cn1. The Morgan fingerprint density at radius 1 is 1.60 bits per heavy atom. The second-order valence-corrected chi connectivity index (χ2v) is 5.21. The third-order valence-electron chi connectivity index (χ3n) is 3.49. The molecule has 1 heterocycles. The van der Waals surface area contributed by atoms with E-state index >= 15 is 0 Å². The molecule has 2 nitrogen and oxygen atoms in total. The minimum atomic E-state index is 0.281. The van der Waals surface area contributed by atoms with Gasteiger partial charge < -0.3 is 0 Å². The molecule has 0 aliphatic heterocycles. The summed E-state index contributed by atoms with van der Waals surface area (Å²) >= 11 is 6.11. The lowest BCUT2D eigenvalue weighted by Gasteiger charge is -2.26. The average molecular weight is 227 g/mol. The first-order valence-corrected chi connectivity index (χ1v) is 6.28. The summed E-state index contributed by atoms with van der Waals surface area (Å²) in [6, 6.07) is 0. The van der Waals surface area contributed by atoms with Crippen molar-refractivity contribution in [3.63, 3.8) is 0 Å². The van der Waals surface area contributed by atoms with E-state index in [0.29, 0.717) is 0 Å². The van der Waals surface area contributed by atoms with Crippen molar-refractivity contribution in [1.82, 2.24) is 9.78 Å². The summed E-state index contributed by atoms with van der Waals surface area (Å²) in [6.07, 6.45) is 7.90. The van der Waals surface area contributed by atoms with Crippen molar-refractivity contribution < 1.29 is 0 Å². The van der Waals surface area contributed by atoms with E-state index in [1.165, 1.54) is 18.4 Å². The number of hydrogen-bond donors (Lipinski definition) is 0. The Morgan fingerprint density at radius 2 is 2.33 bits per heavy atom. The highest BCUT2D eigenvalue weighted by atomic mass is 35.5. The quantitative estimate of drug-likeness (QED) is 0.706. The standard InChI is InChI=1S/C12H19ClN2/c1-3-15-8-10(7-14-15)6-12(2,9-13)11-4-5-11/h7-8,11H,3-6,9H2,1-2H3. The first-order valence-electron chi connectivity index (χ1n) is 5.75. The number of aryl methyl sites for hydroxylation is 1. The van der Waals surface area contributed by atoms with Crippen LogP contribution in [0.5, 0.6) is 0 Å². The zero-order valence-corrected chi connectivity index (χ0v) is 10.3. The molecule has 1 atom stereocenters. The van der Waals surface area contributed by atoms with Crippen LogP contribution in [-0.2, 0) is 13.0 Å². The smallest absolute Gasteiger partial charge is 0.0521 e. The molecule has 15 heavy (non-hydrogen) atoms. The lowest BCUT2D eigenvalue weighted by molar-refractivity contribution is 0.313. The summed E-state index contributed by atoms with van der Waals surface area (Å²) in [6.45, 7) is 5.36. The normalized spacial score (nSPS) is 20.2. The van der Waals surface area contributed by atoms with Crippen molar-refractivity contribution in [1.29, 1.82) is 0 Å². The monoisotopic (exact) mass is 226 g/mol. The molecule has 84 valence electrons. The zero-order valence-electron chi connectivity index (χ0n) is 9.54. The summed E-state index contributed by atoms with van der Waals surface area (Å²) in [4.78, 5) is 0. The van der Waals surface area contributed by atoms with E-state index in [4.69, 9.17) is 11.6 Å². The number of rotatable bonds is 5. The molecule has 1 aliphatic carbocycles. The van der Waals surface area contributed by atoms with E-state index in [-0.39, 0.29) is 5.41 Å². The molecule has 1 saturated carbocycles. The Labute approximate surface area is 96.6 Å². The molecule has 1 fully saturated rings. The Balaban J connectivity index is 2.05. The predicted octanol–water partition coefficient (Wildman–Crippen LogP) is 3.10. The first-order chi connectivity index (χ1) is 7.18. The first kappa shape index (κ1) is 11.0. The summed E-state index contributed by atoms with van der Waals surface area (Å²) < 4.78 is 1.98. The highest BCUT2D eigenvalue weighted by molar-refractivity contribution is 6.18. The van der Waals surface area contributed by atoms with Gasteiger partial charge in [0.2, 0.25) is 0 Å². The molecule has 0 aromatic carbocycles. The minimum Gasteiger partial charge on any atom is -0.273 e. The zero-order chi connectivity index (χ0) is 10.9. The van der Waals surface area contributed by atoms with Gasteiger partial charge in [0.15, 0.2) is 0 Å². The summed E-state index contributed by atoms with van der Waals surface area (Å²) in [7, 11) is 0. The summed E-state index contributed by atoms with van der Waals surface area (Å²) in [5.74, 6) is 1.59. The number of nitrogens with zero attached hydrogens (tertiary/aromatic N) is 2. The fourth-order valence-electron chi connectivity index (χ4n) is 2.22. The van der Waals surface area contributed by atoms with Gasteiger partial charge in [-0.2, -0.15) is 5.10 Å². The van der Waals surface area contributed by atoms with Crippen molar-refractivity contribution in [2.24, 2.45) is 11.3 Å². The van der Waals surface area contributed by atoms with E-state index in [9.17, 15) is 0 Å². The molecule has 1 aromatic rings. The molecule has 1 aromatic heterocycles. The molecular formula is C12H19ClN2. The number of halogens is 1. The fourth-order valence-corrected chi connectivity index (χ4v) is 2.53. The van der Waals surface area contributed by atoms with Crippen LogP contribution < -0.4 is 0 Å². The van der Waals surface area contributed by atoms with Crippen molar-refractivity contribution in [3.8, 4) is 0 Å². The van der Waals surface area contributed by atoms with Crippen LogP contribution in [0.1, 0.15) is 32.3 Å². The molecule has 2 rings (SSSR count). The fraction of sp³-hybridized carbons (Fsp3) is 0.750. The molecule has 3 heteroatoms. The predicted molar refractivity (Wildman–Crippen MR) is 63.2 cm³/mol. The Hall–Kier alpha value is -0.500. The Morgan fingerprint density at radius 3 is 2.80 bits per heavy atom. The third-order valence-corrected chi connectivity index (χ3v) is 4.10. The molecule has 0 saturated heterocycles. The molecule has 0 bridgehead atoms. The van der Waals surface area contributed by atoms with Crippen LogP contribution in [0.4, 0.5) is 0 Å². The second kappa shape index (κ2) is 4.17. The molecular weight excluding hydrogens is 208 g/mol. The van der Waals surface area contributed by atoms with Crippen LogP contribution in [0.3, 0.4) is 0 Å². The van der Waals surface area contributed by atoms with Crippen LogP contribution in [0, 0.1) is 11.3 Å². The minimum absolute atomic E-state index is 0.281. The maximum atomic E-state index is 6.11. The van der Waals surface area contributed by atoms with E-state index in [1.54, 1.807) is 0 Å². The van der Waals surface area contributed by atoms with E-state index < -0.39 is 0 Å². The summed E-state index contributed by atoms with van der Waals surface area (Å²) in [5.41, 5.74) is 1.61. The average Bonchev–Trinajstić information content (AvgIpc) is 3.01. The van der Waals surface area contributed by atoms with Gasteiger partial charge in [-0.25, -0.2) is 0 Å². The van der Waals surface area contributed by atoms with Crippen LogP contribution in [0.2, 0.25) is 0 Å². The van der Waals surface area contributed by atoms with Crippen LogP contribution in [0.15, 0.2) is 12.4 Å². The number of aromatic nitrogens is 2. The number of alkyl halides is 1. The van der Waals surface area contributed by atoms with E-state index in [0.717, 1.165) is 24.8 Å². The van der Waals surface area contributed by atoms with Crippen LogP contribution >= 0.6 is 11.6 Å². The van der Waals surface area contributed by atoms with Gasteiger partial charge in [0.1, 0.15) is 0 Å². The largest absolute Gasteiger partial charge is 0.273 e. The van der Waals surface area contributed by atoms with Gasteiger partial charge in [0.05, 0.1) is 6.20 Å². The van der Waals surface area contributed by atoms with Crippen LogP contribution in [-0.4, -0.2) is 15.7 Å². The van der Waals surface area contributed by atoms with Gasteiger partial charge in [-0.15, -0.1) is 11.6 Å². The third kappa shape index (κ3) is 2.36. The topological polar surface area (TPSA) is 17.8 Å². The van der Waals surface area contributed by atoms with Crippen molar-refractivity contribution in [2.45, 2.75) is 39.7 Å². The van der Waals surface area contributed by atoms with Crippen molar-refractivity contribution >= 4 is 11.6 Å². The van der Waals surface area contributed by atoms with Gasteiger partial charge in [-0.05, 0) is 43.1 Å². The molecule has 1 aliphatic rings. The van der Waals surface area contributed by atoms with Gasteiger partial charge in [-0.3, -0.25) is 4.68 Å². The summed E-state index contributed by atoms with van der Waals surface area (Å²) in [5, 5.41) is 4.31. The van der Waals surface area contributed by atoms with Gasteiger partial charge >= 0.3 is 0 Å². The van der Waals surface area contributed by atoms with Gasteiger partial charge in [0.25, 0.3) is 0 Å². The van der Waals surface area contributed by atoms with Crippen molar-refractivity contribution in [3.05, 3.63) is 18.0 Å². The molecule has 0 N–H and O–H groups in total. The number of hydrogen-bond acceptors (Lipinski definition) is 1. The lowest BCUT2D eigenvalue weighted by atomic mass is 9.81. The molecule has 0 spiro atoms. The van der Waals surface area contributed by atoms with Crippen molar-refractivity contribution in [2.75, 3.05) is 5.88 Å². The maximum absolute atomic E-state index is 6.11.